The molecule has 4 heterocycles. The number of piperidine rings is 1. The van der Waals surface area contributed by atoms with Gasteiger partial charge in [0.25, 0.3) is 5.56 Å². The number of nitrogens with zero attached hydrogens (tertiary/aromatic N) is 6. The summed E-state index contributed by atoms with van der Waals surface area (Å²) in [5, 5.41) is 11.7. The van der Waals surface area contributed by atoms with Crippen LogP contribution in [0.15, 0.2) is 52.7 Å². The van der Waals surface area contributed by atoms with E-state index in [1.165, 1.54) is 11.8 Å². The number of pyridine rings is 1. The molecule has 0 atom stereocenters. The van der Waals surface area contributed by atoms with Crippen molar-refractivity contribution in [3.63, 3.8) is 0 Å². The molecule has 1 saturated heterocycles. The van der Waals surface area contributed by atoms with Gasteiger partial charge in [0, 0.05) is 49.7 Å². The van der Waals surface area contributed by atoms with Gasteiger partial charge in [-0.3, -0.25) is 14.0 Å². The van der Waals surface area contributed by atoms with Crippen molar-refractivity contribution in [2.24, 2.45) is 7.05 Å². The molecule has 8 nitrogen and oxygen atoms in total. The molecular formula is C24H22N6O2S. The number of aromatic nitrogens is 4. The average Bonchev–Trinajstić information content (AvgIpc) is 3.34. The molecule has 9 heteroatoms. The molecule has 0 spiro atoms. The largest absolute Gasteiger partial charge is 0.342 e. The van der Waals surface area contributed by atoms with Gasteiger partial charge >= 0.3 is 0 Å². The predicted molar refractivity (Wildman–Crippen MR) is 127 cm³/mol. The normalized spacial score (nSPS) is 14.0. The second-order valence-corrected chi connectivity index (χ2v) is 9.08. The second kappa shape index (κ2) is 8.71. The number of nitriles is 1. The summed E-state index contributed by atoms with van der Waals surface area (Å²) in [5.74, 6) is 0.903. The third-order valence-electron chi connectivity index (χ3n) is 6.01. The maximum absolute atomic E-state index is 12.7. The maximum atomic E-state index is 12.7. The van der Waals surface area contributed by atoms with Crippen LogP contribution in [0.25, 0.3) is 27.8 Å². The number of fused-ring (bicyclic) bond motifs is 2. The fourth-order valence-corrected chi connectivity index (χ4v) is 5.09. The Hall–Kier alpha value is -3.64. The van der Waals surface area contributed by atoms with Crippen LogP contribution >= 0.6 is 11.8 Å². The zero-order chi connectivity index (χ0) is 22.9. The van der Waals surface area contributed by atoms with Crippen molar-refractivity contribution < 1.29 is 4.79 Å². The molecule has 0 unspecified atom stereocenters. The Labute approximate surface area is 194 Å². The minimum Gasteiger partial charge on any atom is -0.342 e. The number of carbonyl (C=O) groups excluding carboxylic acids is 1. The van der Waals surface area contributed by atoms with Crippen molar-refractivity contribution in [3.05, 3.63) is 58.8 Å². The highest BCUT2D eigenvalue weighted by Gasteiger charge is 2.21. The van der Waals surface area contributed by atoms with E-state index in [4.69, 9.17) is 4.98 Å². The number of hydrogen-bond acceptors (Lipinski definition) is 6. The molecule has 0 saturated carbocycles. The molecule has 33 heavy (non-hydrogen) atoms. The van der Waals surface area contributed by atoms with Crippen molar-refractivity contribution in [1.29, 1.82) is 5.26 Å². The van der Waals surface area contributed by atoms with E-state index in [9.17, 15) is 14.9 Å². The molecule has 0 radical (unpaired) electrons. The smallest absolute Gasteiger partial charge is 0.258 e. The highest BCUT2D eigenvalue weighted by Crippen LogP contribution is 2.30. The minimum absolute atomic E-state index is 0.0629. The van der Waals surface area contributed by atoms with Crippen LogP contribution in [0.4, 0.5) is 0 Å². The van der Waals surface area contributed by atoms with E-state index in [2.05, 4.69) is 11.1 Å². The highest BCUT2D eigenvalue weighted by molar-refractivity contribution is 8.00. The van der Waals surface area contributed by atoms with Crippen LogP contribution in [0.5, 0.6) is 0 Å². The van der Waals surface area contributed by atoms with Crippen molar-refractivity contribution in [2.75, 3.05) is 18.8 Å². The van der Waals surface area contributed by atoms with E-state index in [0.717, 1.165) is 43.3 Å². The van der Waals surface area contributed by atoms with Gasteiger partial charge in [-0.2, -0.15) is 5.26 Å². The summed E-state index contributed by atoms with van der Waals surface area (Å²) in [6, 6.07) is 9.67. The lowest BCUT2D eigenvalue weighted by molar-refractivity contribution is -0.129. The van der Waals surface area contributed by atoms with Crippen LogP contribution in [0.1, 0.15) is 24.8 Å². The van der Waals surface area contributed by atoms with E-state index < -0.39 is 0 Å². The topological polar surface area (TPSA) is 96.3 Å². The Morgan fingerprint density at radius 3 is 2.79 bits per heavy atom. The summed E-state index contributed by atoms with van der Waals surface area (Å²) in [7, 11) is 1.72. The lowest BCUT2D eigenvalue weighted by Crippen LogP contribution is -2.36. The van der Waals surface area contributed by atoms with Crippen LogP contribution < -0.4 is 5.56 Å². The first-order chi connectivity index (χ1) is 16.1. The van der Waals surface area contributed by atoms with Crippen molar-refractivity contribution in [2.45, 2.75) is 24.3 Å². The molecule has 3 aromatic heterocycles. The van der Waals surface area contributed by atoms with E-state index in [1.54, 1.807) is 40.7 Å². The van der Waals surface area contributed by atoms with Gasteiger partial charge in [0.1, 0.15) is 22.5 Å². The Bertz CT molecular complexity index is 1480. The number of amides is 1. The number of rotatable bonds is 4. The maximum Gasteiger partial charge on any atom is 0.258 e. The lowest BCUT2D eigenvalue weighted by Gasteiger charge is -2.26. The van der Waals surface area contributed by atoms with Crippen molar-refractivity contribution >= 4 is 34.1 Å². The van der Waals surface area contributed by atoms with Gasteiger partial charge in [-0.25, -0.2) is 9.97 Å². The van der Waals surface area contributed by atoms with Crippen LogP contribution in [0.3, 0.4) is 0 Å². The summed E-state index contributed by atoms with van der Waals surface area (Å²) >= 11 is 1.28. The Morgan fingerprint density at radius 1 is 1.18 bits per heavy atom. The molecule has 0 aliphatic carbocycles. The fourth-order valence-electron chi connectivity index (χ4n) is 4.22. The third-order valence-corrected chi connectivity index (χ3v) is 6.97. The van der Waals surface area contributed by atoms with Crippen molar-refractivity contribution in [1.82, 2.24) is 23.8 Å². The molecule has 166 valence electrons. The summed E-state index contributed by atoms with van der Waals surface area (Å²) < 4.78 is 3.32. The number of imidazole rings is 1. The van der Waals surface area contributed by atoms with E-state index in [1.807, 2.05) is 23.1 Å². The number of thioether (sulfide) groups is 1. The van der Waals surface area contributed by atoms with Gasteiger partial charge in [0.2, 0.25) is 5.91 Å². The molecule has 1 aromatic carbocycles. The number of benzene rings is 1. The van der Waals surface area contributed by atoms with E-state index in [0.29, 0.717) is 27.4 Å². The molecule has 4 aromatic rings. The fraction of sp³-hybridized carbons (Fsp3) is 0.292. The van der Waals surface area contributed by atoms with Crippen LogP contribution in [-0.2, 0) is 11.8 Å². The third kappa shape index (κ3) is 3.87. The first-order valence-electron chi connectivity index (χ1n) is 10.8. The molecule has 1 aliphatic heterocycles. The molecular weight excluding hydrogens is 436 g/mol. The molecule has 0 N–H and O–H groups in total. The Morgan fingerprint density at radius 2 is 2.00 bits per heavy atom. The Balaban J connectivity index is 1.56. The second-order valence-electron chi connectivity index (χ2n) is 8.11. The summed E-state index contributed by atoms with van der Waals surface area (Å²) in [6.45, 7) is 1.58. The van der Waals surface area contributed by atoms with Crippen LogP contribution in [0.2, 0.25) is 0 Å². The van der Waals surface area contributed by atoms with Gasteiger partial charge in [0.15, 0.2) is 5.65 Å². The first kappa shape index (κ1) is 21.2. The predicted octanol–water partition coefficient (Wildman–Crippen LogP) is 3.22. The average molecular weight is 459 g/mol. The van der Waals surface area contributed by atoms with Gasteiger partial charge in [0.05, 0.1) is 5.75 Å². The number of carbonyl (C=O) groups is 1. The summed E-state index contributed by atoms with van der Waals surface area (Å²) in [4.78, 5) is 36.2. The zero-order valence-electron chi connectivity index (χ0n) is 18.2. The number of aryl methyl sites for hydroxylation is 1. The zero-order valence-corrected chi connectivity index (χ0v) is 19.0. The van der Waals surface area contributed by atoms with Gasteiger partial charge < -0.3 is 9.47 Å². The van der Waals surface area contributed by atoms with Crippen LogP contribution in [-0.4, -0.2) is 48.6 Å². The van der Waals surface area contributed by atoms with Crippen LogP contribution in [0, 0.1) is 11.3 Å². The highest BCUT2D eigenvalue weighted by atomic mass is 32.2. The van der Waals surface area contributed by atoms with E-state index >= 15 is 0 Å². The molecule has 5 rings (SSSR count). The van der Waals surface area contributed by atoms with Gasteiger partial charge in [-0.15, -0.1) is 0 Å². The Kier molecular flexibility index (Phi) is 5.60. The number of likely N-dealkylation sites (tertiary alicyclic amines) is 1. The SMILES string of the molecule is Cn1ccc2cc(-c3nc(SCC(=O)N4CCCCC4)c(C#N)c4nccn34)ccc2c1=O. The molecule has 1 amide bonds. The van der Waals surface area contributed by atoms with E-state index in [-0.39, 0.29) is 17.2 Å². The van der Waals surface area contributed by atoms with Gasteiger partial charge in [-0.05, 0) is 42.8 Å². The molecule has 1 fully saturated rings. The molecule has 0 bridgehead atoms. The summed E-state index contributed by atoms with van der Waals surface area (Å²) in [6.07, 6.45) is 8.36. The molecule has 1 aliphatic rings. The monoisotopic (exact) mass is 458 g/mol. The summed E-state index contributed by atoms with van der Waals surface area (Å²) in [5.41, 5.74) is 1.59. The standard InChI is InChI=1S/C24H22N6O2S/c1-28-11-7-16-13-17(5-6-18(16)24(28)32)21-27-23(19(14-25)22-26-8-12-30(21)22)33-15-20(31)29-9-3-2-4-10-29/h5-8,11-13H,2-4,9-10,15H2,1H3. The lowest BCUT2D eigenvalue weighted by atomic mass is 10.1. The van der Waals surface area contributed by atoms with Crippen molar-refractivity contribution in [3.8, 4) is 17.5 Å². The minimum atomic E-state index is -0.0629. The number of hydrogen-bond donors (Lipinski definition) is 0. The quantitative estimate of drug-likeness (QED) is 0.344. The van der Waals surface area contributed by atoms with Gasteiger partial charge in [-0.1, -0.05) is 17.8 Å². The first-order valence-corrected chi connectivity index (χ1v) is 11.8.